The first kappa shape index (κ1) is 15.3. The number of hydrogen-bond acceptors (Lipinski definition) is 3. The van der Waals surface area contributed by atoms with Gasteiger partial charge >= 0.3 is 0 Å². The lowest BCUT2D eigenvalue weighted by atomic mass is 10.0. The molecular weight excluding hydrogens is 258 g/mol. The third-order valence-corrected chi connectivity index (χ3v) is 2.92. The number of pyridine rings is 1. The standard InChI is InChI=1S/C15H18ClN3/c1-6-13(18-5)12-8-11(9(3)16)14(7-2)19-15(12)10(4)17/h6-8,10H,2-3,5,17H2,1,4H3/b13-6-. The molecule has 1 aromatic heterocycles. The second-order valence-electron chi connectivity index (χ2n) is 4.08. The molecule has 0 bridgehead atoms. The normalized spacial score (nSPS) is 12.9. The van der Waals surface area contributed by atoms with E-state index in [2.05, 4.69) is 29.9 Å². The van der Waals surface area contributed by atoms with Gasteiger partial charge in [0, 0.05) is 22.2 Å². The molecule has 0 amide bonds. The molecule has 2 N–H and O–H groups in total. The first-order valence-electron chi connectivity index (χ1n) is 5.87. The Morgan fingerprint density at radius 1 is 1.53 bits per heavy atom. The van der Waals surface area contributed by atoms with Gasteiger partial charge in [0.1, 0.15) is 0 Å². The highest BCUT2D eigenvalue weighted by molar-refractivity contribution is 6.48. The van der Waals surface area contributed by atoms with E-state index < -0.39 is 0 Å². The summed E-state index contributed by atoms with van der Waals surface area (Å²) in [5.41, 5.74) is 9.62. The van der Waals surface area contributed by atoms with Crippen molar-refractivity contribution in [3.05, 3.63) is 47.8 Å². The van der Waals surface area contributed by atoms with Crippen molar-refractivity contribution < 1.29 is 0 Å². The summed E-state index contributed by atoms with van der Waals surface area (Å²) in [5.74, 6) is 0. The highest BCUT2D eigenvalue weighted by Gasteiger charge is 2.16. The van der Waals surface area contributed by atoms with Gasteiger partial charge in [-0.3, -0.25) is 9.98 Å². The lowest BCUT2D eigenvalue weighted by Gasteiger charge is -2.16. The average molecular weight is 276 g/mol. The quantitative estimate of drug-likeness (QED) is 0.825. The van der Waals surface area contributed by atoms with Crippen LogP contribution in [0.2, 0.25) is 0 Å². The molecule has 0 spiro atoms. The topological polar surface area (TPSA) is 51.3 Å². The number of nitrogens with zero attached hydrogens (tertiary/aromatic N) is 2. The van der Waals surface area contributed by atoms with Crippen molar-refractivity contribution in [2.75, 3.05) is 0 Å². The van der Waals surface area contributed by atoms with Crippen LogP contribution in [-0.4, -0.2) is 11.7 Å². The fraction of sp³-hybridized carbons (Fsp3) is 0.200. The molecule has 3 nitrogen and oxygen atoms in total. The lowest BCUT2D eigenvalue weighted by Crippen LogP contribution is -2.12. The number of rotatable bonds is 5. The van der Waals surface area contributed by atoms with Gasteiger partial charge in [0.2, 0.25) is 0 Å². The maximum atomic E-state index is 6.00. The molecule has 0 aliphatic carbocycles. The smallest absolute Gasteiger partial charge is 0.0715 e. The first-order chi connectivity index (χ1) is 8.96. The van der Waals surface area contributed by atoms with E-state index in [0.29, 0.717) is 10.7 Å². The number of nitrogens with two attached hydrogens (primary N) is 1. The molecule has 0 fully saturated rings. The van der Waals surface area contributed by atoms with Crippen molar-refractivity contribution in [3.8, 4) is 0 Å². The minimum absolute atomic E-state index is 0.233. The number of halogens is 1. The van der Waals surface area contributed by atoms with Crippen molar-refractivity contribution >= 4 is 35.1 Å². The highest BCUT2D eigenvalue weighted by atomic mass is 35.5. The van der Waals surface area contributed by atoms with E-state index in [9.17, 15) is 0 Å². The van der Waals surface area contributed by atoms with Gasteiger partial charge in [-0.05, 0) is 32.7 Å². The summed E-state index contributed by atoms with van der Waals surface area (Å²) in [6.45, 7) is 14.8. The van der Waals surface area contributed by atoms with Crippen molar-refractivity contribution in [2.45, 2.75) is 19.9 Å². The minimum atomic E-state index is -0.233. The van der Waals surface area contributed by atoms with Gasteiger partial charge in [0.05, 0.1) is 17.1 Å². The van der Waals surface area contributed by atoms with E-state index in [4.69, 9.17) is 17.3 Å². The zero-order valence-corrected chi connectivity index (χ0v) is 12.0. The van der Waals surface area contributed by atoms with Crippen LogP contribution in [0.4, 0.5) is 0 Å². The van der Waals surface area contributed by atoms with Crippen LogP contribution in [0.15, 0.2) is 30.3 Å². The Morgan fingerprint density at radius 2 is 2.16 bits per heavy atom. The molecule has 1 aromatic rings. The van der Waals surface area contributed by atoms with Crippen LogP contribution in [0.1, 0.15) is 42.4 Å². The van der Waals surface area contributed by atoms with Crippen LogP contribution in [0.3, 0.4) is 0 Å². The van der Waals surface area contributed by atoms with Crippen LogP contribution in [-0.2, 0) is 0 Å². The van der Waals surface area contributed by atoms with E-state index in [1.807, 2.05) is 26.0 Å². The molecule has 1 atom stereocenters. The van der Waals surface area contributed by atoms with E-state index in [1.165, 1.54) is 0 Å². The molecule has 4 heteroatoms. The Bertz CT molecular complexity index is 557. The third-order valence-electron chi connectivity index (χ3n) is 2.72. The average Bonchev–Trinajstić information content (AvgIpc) is 2.39. The van der Waals surface area contributed by atoms with Crippen LogP contribution in [0.25, 0.3) is 16.8 Å². The lowest BCUT2D eigenvalue weighted by molar-refractivity contribution is 0.775. The van der Waals surface area contributed by atoms with Gasteiger partial charge < -0.3 is 5.73 Å². The fourth-order valence-corrected chi connectivity index (χ4v) is 1.95. The van der Waals surface area contributed by atoms with E-state index in [1.54, 1.807) is 6.08 Å². The molecule has 100 valence electrons. The Morgan fingerprint density at radius 3 is 2.53 bits per heavy atom. The number of aliphatic imine (C=N–C) groups is 1. The van der Waals surface area contributed by atoms with E-state index in [-0.39, 0.29) is 6.04 Å². The highest BCUT2D eigenvalue weighted by Crippen LogP contribution is 2.30. The summed E-state index contributed by atoms with van der Waals surface area (Å²) in [5, 5.41) is 0.402. The largest absolute Gasteiger partial charge is 0.323 e. The molecule has 1 unspecified atom stereocenters. The summed E-state index contributed by atoms with van der Waals surface area (Å²) >= 11 is 6.00. The third kappa shape index (κ3) is 3.19. The second-order valence-corrected chi connectivity index (χ2v) is 4.54. The maximum absolute atomic E-state index is 6.00. The van der Waals surface area contributed by atoms with Crippen LogP contribution >= 0.6 is 11.6 Å². The predicted octanol–water partition coefficient (Wildman–Crippen LogP) is 4.02. The van der Waals surface area contributed by atoms with Crippen LogP contribution in [0.5, 0.6) is 0 Å². The molecule has 0 aliphatic rings. The zero-order chi connectivity index (χ0) is 14.6. The van der Waals surface area contributed by atoms with Gasteiger partial charge in [0.25, 0.3) is 0 Å². The Balaban J connectivity index is 3.68. The first-order valence-corrected chi connectivity index (χ1v) is 6.25. The summed E-state index contributed by atoms with van der Waals surface area (Å²) in [6, 6.07) is 1.64. The fourth-order valence-electron chi connectivity index (χ4n) is 1.80. The Kier molecular flexibility index (Phi) is 5.21. The maximum Gasteiger partial charge on any atom is 0.0715 e. The second kappa shape index (κ2) is 6.45. The van der Waals surface area contributed by atoms with Crippen molar-refractivity contribution in [1.82, 2.24) is 4.98 Å². The molecule has 0 radical (unpaired) electrons. The van der Waals surface area contributed by atoms with Crippen LogP contribution in [0, 0.1) is 0 Å². The van der Waals surface area contributed by atoms with Gasteiger partial charge in [0.15, 0.2) is 0 Å². The Hall–Kier alpha value is -1.71. The molecule has 1 heterocycles. The molecule has 0 saturated heterocycles. The molecule has 0 aromatic carbocycles. The predicted molar refractivity (Wildman–Crippen MR) is 85.0 cm³/mol. The van der Waals surface area contributed by atoms with E-state index in [0.717, 1.165) is 22.5 Å². The van der Waals surface area contributed by atoms with Gasteiger partial charge in [-0.15, -0.1) is 0 Å². The number of allylic oxidation sites excluding steroid dienone is 1. The SMILES string of the molecule is C=Cc1nc(C(C)N)c(/C(=C/C)N=C)cc1C(=C)Cl. The summed E-state index contributed by atoms with van der Waals surface area (Å²) in [7, 11) is 0. The number of aromatic nitrogens is 1. The van der Waals surface area contributed by atoms with E-state index >= 15 is 0 Å². The Labute approximate surface area is 119 Å². The summed E-state index contributed by atoms with van der Waals surface area (Å²) in [6.07, 6.45) is 3.49. The monoisotopic (exact) mass is 275 g/mol. The minimum Gasteiger partial charge on any atom is -0.323 e. The summed E-state index contributed by atoms with van der Waals surface area (Å²) < 4.78 is 0. The van der Waals surface area contributed by atoms with Crippen molar-refractivity contribution in [1.29, 1.82) is 0 Å². The van der Waals surface area contributed by atoms with Crippen molar-refractivity contribution in [3.63, 3.8) is 0 Å². The molecule has 0 saturated carbocycles. The van der Waals surface area contributed by atoms with Gasteiger partial charge in [-0.25, -0.2) is 0 Å². The molecular formula is C15H18ClN3. The molecule has 19 heavy (non-hydrogen) atoms. The van der Waals surface area contributed by atoms with Crippen LogP contribution < -0.4 is 5.73 Å². The molecule has 0 aliphatic heterocycles. The zero-order valence-electron chi connectivity index (χ0n) is 11.3. The van der Waals surface area contributed by atoms with Gasteiger partial charge in [-0.2, -0.15) is 0 Å². The van der Waals surface area contributed by atoms with Crippen molar-refractivity contribution in [2.24, 2.45) is 10.7 Å². The summed E-state index contributed by atoms with van der Waals surface area (Å²) in [4.78, 5) is 8.50. The van der Waals surface area contributed by atoms with Gasteiger partial charge in [-0.1, -0.05) is 30.8 Å². The molecule has 1 rings (SSSR count). The number of hydrogen-bond donors (Lipinski definition) is 1.